The van der Waals surface area contributed by atoms with Crippen molar-refractivity contribution in [3.63, 3.8) is 0 Å². The zero-order valence-corrected chi connectivity index (χ0v) is 21.9. The summed E-state index contributed by atoms with van der Waals surface area (Å²) >= 11 is 3.50. The Morgan fingerprint density at radius 2 is 1.91 bits per heavy atom. The highest BCUT2D eigenvalue weighted by molar-refractivity contribution is 9.10. The molecular formula is C26H35BrO7. The third-order valence-corrected chi connectivity index (χ3v) is 9.00. The molecule has 0 radical (unpaired) electrons. The van der Waals surface area contributed by atoms with Gasteiger partial charge in [0.2, 0.25) is 5.79 Å². The largest absolute Gasteiger partial charge is 0.469 e. The summed E-state index contributed by atoms with van der Waals surface area (Å²) in [6.07, 6.45) is 3.31. The number of carbonyl (C=O) groups excluding carboxylic acids is 1. The lowest BCUT2D eigenvalue weighted by Gasteiger charge is -2.60. The fourth-order valence-electron chi connectivity index (χ4n) is 6.53. The summed E-state index contributed by atoms with van der Waals surface area (Å²) in [7, 11) is 1.41. The van der Waals surface area contributed by atoms with Crippen molar-refractivity contribution >= 4 is 21.9 Å². The van der Waals surface area contributed by atoms with Crippen LogP contribution in [-0.4, -0.2) is 37.0 Å². The number of hydrogen-bond acceptors (Lipinski definition) is 7. The zero-order valence-electron chi connectivity index (χ0n) is 20.3. The molecule has 188 valence electrons. The molecule has 4 saturated heterocycles. The van der Waals surface area contributed by atoms with Crippen molar-refractivity contribution in [1.29, 1.82) is 0 Å². The Hall–Kier alpha value is -1.03. The Labute approximate surface area is 209 Å². The zero-order chi connectivity index (χ0) is 24.1. The summed E-state index contributed by atoms with van der Waals surface area (Å²) in [5.41, 5.74) is 0.375. The van der Waals surface area contributed by atoms with Gasteiger partial charge in [-0.2, -0.15) is 0 Å². The molecule has 4 aliphatic heterocycles. The van der Waals surface area contributed by atoms with E-state index in [1.54, 1.807) is 0 Å². The molecule has 0 N–H and O–H groups in total. The second-order valence-corrected chi connectivity index (χ2v) is 11.5. The average molecular weight is 539 g/mol. The molecule has 5 fully saturated rings. The van der Waals surface area contributed by atoms with E-state index in [0.717, 1.165) is 35.7 Å². The normalized spacial score (nSPS) is 41.9. The van der Waals surface area contributed by atoms with Gasteiger partial charge in [0.1, 0.15) is 0 Å². The van der Waals surface area contributed by atoms with Crippen LogP contribution < -0.4 is 0 Å². The number of methoxy groups -OCH3 is 1. The molecule has 0 aromatic heterocycles. The molecule has 1 aromatic rings. The predicted molar refractivity (Wildman–Crippen MR) is 126 cm³/mol. The molecular weight excluding hydrogens is 504 g/mol. The van der Waals surface area contributed by atoms with E-state index in [1.807, 2.05) is 31.2 Å². The molecule has 2 bridgehead atoms. The number of ether oxygens (including phenoxy) is 4. The molecule has 7 nitrogen and oxygen atoms in total. The molecule has 1 unspecified atom stereocenters. The molecule has 1 saturated carbocycles. The van der Waals surface area contributed by atoms with Gasteiger partial charge < -0.3 is 18.9 Å². The van der Waals surface area contributed by atoms with Gasteiger partial charge in [-0.1, -0.05) is 41.9 Å². The van der Waals surface area contributed by atoms with Crippen LogP contribution in [0.4, 0.5) is 0 Å². The minimum Gasteiger partial charge on any atom is -0.469 e. The standard InChI is InChI=1S/C26H35BrO7/c1-15-5-10-20-16(2)23(31-24-26(20)19(15)13-14-25(3,32-24)33-34-26)30-21(11-12-22(28)29-4)17-6-8-18(27)9-7-17/h6-9,15-16,19-21,23-24H,5,10-14H2,1-4H3/t15-,16-,19+,20?,21-,23+,24-,25-,26-/m1/s1. The number of esters is 1. The Morgan fingerprint density at radius 3 is 2.65 bits per heavy atom. The number of hydrogen-bond donors (Lipinski definition) is 0. The highest BCUT2D eigenvalue weighted by Crippen LogP contribution is 2.60. The van der Waals surface area contributed by atoms with Gasteiger partial charge in [0.25, 0.3) is 0 Å². The fourth-order valence-corrected chi connectivity index (χ4v) is 6.80. The highest BCUT2D eigenvalue weighted by atomic mass is 79.9. The Kier molecular flexibility index (Phi) is 6.85. The van der Waals surface area contributed by atoms with Gasteiger partial charge in [-0.05, 0) is 62.1 Å². The Morgan fingerprint density at radius 1 is 1.15 bits per heavy atom. The van der Waals surface area contributed by atoms with E-state index in [2.05, 4.69) is 29.8 Å². The van der Waals surface area contributed by atoms with Crippen LogP contribution in [0.25, 0.3) is 0 Å². The minimum atomic E-state index is -0.821. The predicted octanol–water partition coefficient (Wildman–Crippen LogP) is 5.67. The summed E-state index contributed by atoms with van der Waals surface area (Å²) in [6.45, 7) is 6.41. The first-order valence-corrected chi connectivity index (χ1v) is 13.2. The van der Waals surface area contributed by atoms with Gasteiger partial charge in [0.15, 0.2) is 18.2 Å². The smallest absolute Gasteiger partial charge is 0.305 e. The molecule has 34 heavy (non-hydrogen) atoms. The maximum absolute atomic E-state index is 11.9. The van der Waals surface area contributed by atoms with Gasteiger partial charge in [-0.25, -0.2) is 9.78 Å². The molecule has 5 aliphatic rings. The van der Waals surface area contributed by atoms with E-state index < -0.39 is 24.0 Å². The summed E-state index contributed by atoms with van der Waals surface area (Å²) < 4.78 is 25.5. The first-order chi connectivity index (χ1) is 16.3. The number of halogens is 1. The molecule has 8 heteroatoms. The average Bonchev–Trinajstić information content (AvgIpc) is 3.06. The van der Waals surface area contributed by atoms with Crippen LogP contribution in [0.5, 0.6) is 0 Å². The number of fused-ring (bicyclic) bond motifs is 2. The van der Waals surface area contributed by atoms with Gasteiger partial charge in [0, 0.05) is 29.2 Å². The lowest BCUT2D eigenvalue weighted by Crippen LogP contribution is -2.70. The summed E-state index contributed by atoms with van der Waals surface area (Å²) in [4.78, 5) is 24.0. The molecule has 6 rings (SSSR count). The number of carbonyl (C=O) groups is 1. The van der Waals surface area contributed by atoms with E-state index in [0.29, 0.717) is 18.3 Å². The topological polar surface area (TPSA) is 72.5 Å². The van der Waals surface area contributed by atoms with Gasteiger partial charge in [0.05, 0.1) is 13.2 Å². The van der Waals surface area contributed by atoms with Crippen LogP contribution in [0.15, 0.2) is 28.7 Å². The van der Waals surface area contributed by atoms with Crippen molar-refractivity contribution in [2.45, 2.75) is 89.4 Å². The second kappa shape index (κ2) is 9.45. The lowest BCUT2D eigenvalue weighted by atomic mass is 9.58. The van der Waals surface area contributed by atoms with Crippen LogP contribution in [0.1, 0.15) is 71.0 Å². The van der Waals surface area contributed by atoms with E-state index in [4.69, 9.17) is 28.7 Å². The molecule has 1 spiro atoms. The maximum atomic E-state index is 11.9. The summed E-state index contributed by atoms with van der Waals surface area (Å²) in [6, 6.07) is 8.00. The van der Waals surface area contributed by atoms with E-state index >= 15 is 0 Å². The summed E-state index contributed by atoms with van der Waals surface area (Å²) in [5.74, 6) is -0.00288. The molecule has 0 amide bonds. The molecule has 4 heterocycles. The molecule has 9 atom stereocenters. The maximum Gasteiger partial charge on any atom is 0.305 e. The number of benzene rings is 1. The van der Waals surface area contributed by atoms with Gasteiger partial charge >= 0.3 is 5.97 Å². The van der Waals surface area contributed by atoms with Crippen LogP contribution in [-0.2, 0) is 33.5 Å². The van der Waals surface area contributed by atoms with Gasteiger partial charge in [-0.3, -0.25) is 4.79 Å². The van der Waals surface area contributed by atoms with E-state index in [1.165, 1.54) is 7.11 Å². The third kappa shape index (κ3) is 4.24. The highest BCUT2D eigenvalue weighted by Gasteiger charge is 2.69. The fraction of sp³-hybridized carbons (Fsp3) is 0.731. The van der Waals surface area contributed by atoms with Crippen molar-refractivity contribution in [2.24, 2.45) is 23.7 Å². The summed E-state index contributed by atoms with van der Waals surface area (Å²) in [5, 5.41) is 0. The van der Waals surface area contributed by atoms with Crippen LogP contribution >= 0.6 is 15.9 Å². The van der Waals surface area contributed by atoms with Crippen LogP contribution in [0.2, 0.25) is 0 Å². The van der Waals surface area contributed by atoms with E-state index in [-0.39, 0.29) is 30.3 Å². The van der Waals surface area contributed by atoms with Crippen molar-refractivity contribution in [2.75, 3.05) is 7.11 Å². The Bertz CT molecular complexity index is 894. The van der Waals surface area contributed by atoms with Crippen LogP contribution in [0, 0.1) is 23.7 Å². The first-order valence-electron chi connectivity index (χ1n) is 12.4. The lowest BCUT2D eigenvalue weighted by molar-refractivity contribution is -0.578. The second-order valence-electron chi connectivity index (χ2n) is 10.6. The van der Waals surface area contributed by atoms with Crippen molar-refractivity contribution in [3.8, 4) is 0 Å². The van der Waals surface area contributed by atoms with Crippen molar-refractivity contribution < 1.29 is 33.5 Å². The molecule has 1 aliphatic carbocycles. The van der Waals surface area contributed by atoms with Crippen molar-refractivity contribution in [3.05, 3.63) is 34.3 Å². The monoisotopic (exact) mass is 538 g/mol. The van der Waals surface area contributed by atoms with Crippen molar-refractivity contribution in [1.82, 2.24) is 0 Å². The van der Waals surface area contributed by atoms with Crippen LogP contribution in [0.3, 0.4) is 0 Å². The minimum absolute atomic E-state index is 0.0666. The molecule has 1 aromatic carbocycles. The first kappa shape index (κ1) is 24.7. The quantitative estimate of drug-likeness (QED) is 0.341. The Balaban J connectivity index is 1.42. The SMILES string of the molecule is COC(=O)CC[C@@H](O[C@H]1O[C@@H]2O[C@@]3(C)CC[C@H]4[C@H](C)CCC([C@H]1C)[C@@]24OO3)c1ccc(Br)cc1. The third-order valence-electron chi connectivity index (χ3n) is 8.48. The number of rotatable bonds is 6. The van der Waals surface area contributed by atoms with Gasteiger partial charge in [-0.15, -0.1) is 0 Å². The van der Waals surface area contributed by atoms with E-state index in [9.17, 15) is 4.79 Å².